The van der Waals surface area contributed by atoms with E-state index in [-0.39, 0.29) is 6.10 Å². The monoisotopic (exact) mass is 418 g/mol. The lowest BCUT2D eigenvalue weighted by atomic mass is 10.0. The van der Waals surface area contributed by atoms with E-state index in [9.17, 15) is 4.79 Å². The molecule has 0 aliphatic rings. The average Bonchev–Trinajstić information content (AvgIpc) is 2.79. The van der Waals surface area contributed by atoms with Crippen LogP contribution in [0, 0.1) is 0 Å². The first-order valence-electron chi connectivity index (χ1n) is 10.7. The minimum absolute atomic E-state index is 0.0939. The molecular weight excluding hydrogens is 388 g/mol. The van der Waals surface area contributed by atoms with Crippen molar-refractivity contribution >= 4 is 5.97 Å². The number of aromatic carboxylic acids is 1. The van der Waals surface area contributed by atoms with Gasteiger partial charge >= 0.3 is 5.97 Å². The average molecular weight is 419 g/mol. The fraction of sp³-hybridized carbons (Fsp3) is 0.296. The summed E-state index contributed by atoms with van der Waals surface area (Å²) in [7, 11) is 1.66. The van der Waals surface area contributed by atoms with Gasteiger partial charge < -0.3 is 14.6 Å². The molecule has 4 nitrogen and oxygen atoms in total. The Morgan fingerprint density at radius 3 is 2.16 bits per heavy atom. The van der Waals surface area contributed by atoms with E-state index < -0.39 is 5.97 Å². The van der Waals surface area contributed by atoms with Crippen molar-refractivity contribution in [2.75, 3.05) is 7.11 Å². The molecule has 0 saturated heterocycles. The van der Waals surface area contributed by atoms with Crippen LogP contribution in [0.4, 0.5) is 0 Å². The minimum Gasteiger partial charge on any atom is -0.493 e. The summed E-state index contributed by atoms with van der Waals surface area (Å²) in [6.45, 7) is 2.10. The third-order valence-corrected chi connectivity index (χ3v) is 5.38. The zero-order valence-corrected chi connectivity index (χ0v) is 18.2. The molecule has 4 heteroatoms. The Balaban J connectivity index is 1.55. The maximum absolute atomic E-state index is 11.0. The van der Waals surface area contributed by atoms with Crippen LogP contribution in [-0.4, -0.2) is 24.3 Å². The van der Waals surface area contributed by atoms with Gasteiger partial charge in [0.25, 0.3) is 0 Å². The molecule has 0 bridgehead atoms. The van der Waals surface area contributed by atoms with E-state index in [1.165, 1.54) is 5.56 Å². The number of carboxylic acids is 1. The van der Waals surface area contributed by atoms with E-state index in [1.807, 2.05) is 24.3 Å². The largest absolute Gasteiger partial charge is 0.493 e. The summed E-state index contributed by atoms with van der Waals surface area (Å²) in [6, 6.07) is 23.6. The molecule has 3 aromatic rings. The predicted octanol–water partition coefficient (Wildman–Crippen LogP) is 5.97. The number of carboxylic acid groups (broad SMARTS) is 1. The molecule has 0 aliphatic heterocycles. The van der Waals surface area contributed by atoms with Crippen molar-refractivity contribution < 1.29 is 19.4 Å². The molecule has 1 unspecified atom stereocenters. The van der Waals surface area contributed by atoms with E-state index in [4.69, 9.17) is 14.6 Å². The summed E-state index contributed by atoms with van der Waals surface area (Å²) in [5.41, 5.74) is 3.93. The summed E-state index contributed by atoms with van der Waals surface area (Å²) in [5, 5.41) is 9.02. The van der Waals surface area contributed by atoms with Gasteiger partial charge in [-0.1, -0.05) is 48.5 Å². The summed E-state index contributed by atoms with van der Waals surface area (Å²) in [4.78, 5) is 11.0. The first-order valence-corrected chi connectivity index (χ1v) is 10.7. The normalized spacial score (nSPS) is 11.7. The number of hydrogen-bond acceptors (Lipinski definition) is 3. The lowest BCUT2D eigenvalue weighted by Gasteiger charge is -2.18. The third kappa shape index (κ3) is 6.88. The van der Waals surface area contributed by atoms with Crippen LogP contribution in [0.25, 0.3) is 0 Å². The smallest absolute Gasteiger partial charge is 0.335 e. The van der Waals surface area contributed by atoms with Crippen LogP contribution >= 0.6 is 0 Å². The fourth-order valence-electron chi connectivity index (χ4n) is 3.59. The lowest BCUT2D eigenvalue weighted by molar-refractivity contribution is 0.0697. The van der Waals surface area contributed by atoms with Crippen molar-refractivity contribution in [3.8, 4) is 11.5 Å². The van der Waals surface area contributed by atoms with E-state index in [0.29, 0.717) is 5.56 Å². The Morgan fingerprint density at radius 2 is 1.48 bits per heavy atom. The molecule has 3 aromatic carbocycles. The second-order valence-electron chi connectivity index (χ2n) is 7.79. The summed E-state index contributed by atoms with van der Waals surface area (Å²) in [6.07, 6.45) is 4.86. The predicted molar refractivity (Wildman–Crippen MR) is 123 cm³/mol. The zero-order valence-electron chi connectivity index (χ0n) is 18.2. The molecule has 31 heavy (non-hydrogen) atoms. The molecule has 0 radical (unpaired) electrons. The Hall–Kier alpha value is -3.27. The standard InChI is InChI=1S/C27H30O4/c1-20(7-6-10-21-8-4-3-5-9-21)31-26-19-23(15-18-25(26)30-2)12-11-22-13-16-24(17-14-22)27(28)29/h3-5,8-9,13-20H,6-7,10-12H2,1-2H3,(H,28,29). The molecule has 0 spiro atoms. The molecule has 0 aromatic heterocycles. The van der Waals surface area contributed by atoms with Crippen LogP contribution in [-0.2, 0) is 19.3 Å². The number of rotatable bonds is 11. The van der Waals surface area contributed by atoms with Gasteiger partial charge in [0.1, 0.15) is 0 Å². The van der Waals surface area contributed by atoms with Crippen molar-refractivity contribution in [3.63, 3.8) is 0 Å². The van der Waals surface area contributed by atoms with Gasteiger partial charge in [0.15, 0.2) is 11.5 Å². The molecule has 0 amide bonds. The van der Waals surface area contributed by atoms with Crippen molar-refractivity contribution in [1.82, 2.24) is 0 Å². The second kappa shape index (κ2) is 11.2. The molecule has 0 aliphatic carbocycles. The zero-order chi connectivity index (χ0) is 22.1. The van der Waals surface area contributed by atoms with Gasteiger partial charge in [-0.15, -0.1) is 0 Å². The maximum atomic E-state index is 11.0. The van der Waals surface area contributed by atoms with E-state index in [1.54, 1.807) is 19.2 Å². The van der Waals surface area contributed by atoms with Crippen molar-refractivity contribution in [1.29, 1.82) is 0 Å². The van der Waals surface area contributed by atoms with Gasteiger partial charge in [-0.25, -0.2) is 4.79 Å². The van der Waals surface area contributed by atoms with Crippen LogP contribution in [0.3, 0.4) is 0 Å². The van der Waals surface area contributed by atoms with Crippen molar-refractivity contribution in [2.24, 2.45) is 0 Å². The van der Waals surface area contributed by atoms with Gasteiger partial charge in [-0.2, -0.15) is 0 Å². The molecule has 0 fully saturated rings. The molecule has 1 N–H and O–H groups in total. The highest BCUT2D eigenvalue weighted by Crippen LogP contribution is 2.30. The van der Waals surface area contributed by atoms with Gasteiger partial charge in [0.2, 0.25) is 0 Å². The van der Waals surface area contributed by atoms with Crippen LogP contribution in [0.2, 0.25) is 0 Å². The van der Waals surface area contributed by atoms with Crippen LogP contribution in [0.5, 0.6) is 11.5 Å². The number of methoxy groups -OCH3 is 1. The summed E-state index contributed by atoms with van der Waals surface area (Å²) < 4.78 is 11.7. The summed E-state index contributed by atoms with van der Waals surface area (Å²) in [5.74, 6) is 0.610. The lowest BCUT2D eigenvalue weighted by Crippen LogP contribution is -2.13. The molecule has 0 saturated carbocycles. The van der Waals surface area contributed by atoms with Gasteiger partial charge in [-0.3, -0.25) is 0 Å². The molecular formula is C27H30O4. The summed E-state index contributed by atoms with van der Waals surface area (Å²) >= 11 is 0. The first-order chi connectivity index (χ1) is 15.0. The topological polar surface area (TPSA) is 55.8 Å². The van der Waals surface area contributed by atoms with E-state index in [0.717, 1.165) is 54.7 Å². The van der Waals surface area contributed by atoms with Crippen LogP contribution in [0.1, 0.15) is 46.8 Å². The van der Waals surface area contributed by atoms with E-state index >= 15 is 0 Å². The Labute approximate surface area is 184 Å². The molecule has 3 rings (SSSR count). The van der Waals surface area contributed by atoms with Gasteiger partial charge in [-0.05, 0) is 80.0 Å². The van der Waals surface area contributed by atoms with Gasteiger partial charge in [0, 0.05) is 0 Å². The molecule has 1 atom stereocenters. The van der Waals surface area contributed by atoms with Crippen LogP contribution < -0.4 is 9.47 Å². The highest BCUT2D eigenvalue weighted by molar-refractivity contribution is 5.87. The SMILES string of the molecule is COc1ccc(CCc2ccc(C(=O)O)cc2)cc1OC(C)CCCc1ccccc1. The minimum atomic E-state index is -0.901. The third-order valence-electron chi connectivity index (χ3n) is 5.38. The number of aryl methyl sites for hydroxylation is 3. The number of carbonyl (C=O) groups is 1. The maximum Gasteiger partial charge on any atom is 0.335 e. The quantitative estimate of drug-likeness (QED) is 0.417. The highest BCUT2D eigenvalue weighted by atomic mass is 16.5. The van der Waals surface area contributed by atoms with Crippen molar-refractivity contribution in [2.45, 2.75) is 45.1 Å². The van der Waals surface area contributed by atoms with E-state index in [2.05, 4.69) is 43.3 Å². The number of benzene rings is 3. The Morgan fingerprint density at radius 1 is 0.839 bits per heavy atom. The van der Waals surface area contributed by atoms with Crippen molar-refractivity contribution in [3.05, 3.63) is 95.1 Å². The molecule has 0 heterocycles. The Bertz CT molecular complexity index is 964. The van der Waals surface area contributed by atoms with Crippen LogP contribution in [0.15, 0.2) is 72.8 Å². The number of ether oxygens (including phenoxy) is 2. The first kappa shape index (κ1) is 22.4. The van der Waals surface area contributed by atoms with Gasteiger partial charge in [0.05, 0.1) is 18.8 Å². The second-order valence-corrected chi connectivity index (χ2v) is 7.79. The molecule has 162 valence electrons. The Kier molecular flexibility index (Phi) is 8.11. The highest BCUT2D eigenvalue weighted by Gasteiger charge is 2.11. The fourth-order valence-corrected chi connectivity index (χ4v) is 3.59. The number of hydrogen-bond donors (Lipinski definition) is 1.